The summed E-state index contributed by atoms with van der Waals surface area (Å²) in [6.45, 7) is 0. The van der Waals surface area contributed by atoms with E-state index in [0.717, 1.165) is 6.42 Å². The van der Waals surface area contributed by atoms with E-state index in [1.165, 1.54) is 7.11 Å². The van der Waals surface area contributed by atoms with Crippen LogP contribution in [0.5, 0.6) is 0 Å². The van der Waals surface area contributed by atoms with E-state index in [2.05, 4.69) is 12.2 Å². The van der Waals surface area contributed by atoms with Gasteiger partial charge in [-0.05, 0) is 18.3 Å². The SMILES string of the molecule is COC(=O)[C@H]1C2C=CC(C2)[C@H]1N. The Bertz CT molecular complexity index is 237. The second kappa shape index (κ2) is 2.59. The van der Waals surface area contributed by atoms with Crippen molar-refractivity contribution in [2.24, 2.45) is 23.5 Å². The molecule has 2 aliphatic rings. The molecule has 1 saturated carbocycles. The Kier molecular flexibility index (Phi) is 1.68. The molecule has 0 aliphatic heterocycles. The normalized spacial score (nSPS) is 43.5. The van der Waals surface area contributed by atoms with Crippen LogP contribution in [0.1, 0.15) is 6.42 Å². The summed E-state index contributed by atoms with van der Waals surface area (Å²) in [6, 6.07) is -0.0209. The van der Waals surface area contributed by atoms with E-state index < -0.39 is 0 Å². The Morgan fingerprint density at radius 2 is 2.17 bits per heavy atom. The lowest BCUT2D eigenvalue weighted by atomic mass is 9.90. The largest absolute Gasteiger partial charge is 0.469 e. The molecule has 0 saturated heterocycles. The molecule has 0 aromatic heterocycles. The van der Waals surface area contributed by atoms with Crippen molar-refractivity contribution < 1.29 is 9.53 Å². The lowest BCUT2D eigenvalue weighted by Crippen LogP contribution is -2.39. The zero-order chi connectivity index (χ0) is 8.72. The number of hydrogen-bond donors (Lipinski definition) is 1. The maximum absolute atomic E-state index is 11.3. The van der Waals surface area contributed by atoms with Gasteiger partial charge in [-0.2, -0.15) is 0 Å². The first kappa shape index (κ1) is 7.80. The van der Waals surface area contributed by atoms with E-state index in [1.807, 2.05) is 0 Å². The van der Waals surface area contributed by atoms with E-state index in [-0.39, 0.29) is 17.9 Å². The smallest absolute Gasteiger partial charge is 0.310 e. The fourth-order valence-corrected chi connectivity index (χ4v) is 2.33. The molecule has 0 spiro atoms. The van der Waals surface area contributed by atoms with Crippen molar-refractivity contribution in [3.63, 3.8) is 0 Å². The first-order chi connectivity index (χ1) is 5.74. The average Bonchev–Trinajstić information content (AvgIpc) is 2.63. The van der Waals surface area contributed by atoms with Crippen LogP contribution in [0.2, 0.25) is 0 Å². The Morgan fingerprint density at radius 1 is 1.50 bits per heavy atom. The van der Waals surface area contributed by atoms with Gasteiger partial charge in [-0.25, -0.2) is 0 Å². The van der Waals surface area contributed by atoms with Gasteiger partial charge in [0.2, 0.25) is 0 Å². The average molecular weight is 167 g/mol. The van der Waals surface area contributed by atoms with E-state index in [0.29, 0.717) is 11.8 Å². The summed E-state index contributed by atoms with van der Waals surface area (Å²) in [6.07, 6.45) is 5.24. The molecule has 4 atom stereocenters. The topological polar surface area (TPSA) is 52.3 Å². The molecule has 1 fully saturated rings. The van der Waals surface area contributed by atoms with Gasteiger partial charge in [0.05, 0.1) is 13.0 Å². The number of carbonyl (C=O) groups is 1. The van der Waals surface area contributed by atoms with Crippen molar-refractivity contribution in [3.05, 3.63) is 12.2 Å². The summed E-state index contributed by atoms with van der Waals surface area (Å²) < 4.78 is 4.70. The minimum Gasteiger partial charge on any atom is -0.469 e. The van der Waals surface area contributed by atoms with Gasteiger partial charge >= 0.3 is 5.97 Å². The molecule has 0 heterocycles. The number of allylic oxidation sites excluding steroid dienone is 1. The number of methoxy groups -OCH3 is 1. The molecular weight excluding hydrogens is 154 g/mol. The summed E-state index contributed by atoms with van der Waals surface area (Å²) in [7, 11) is 1.42. The summed E-state index contributed by atoms with van der Waals surface area (Å²) in [5.74, 6) is 0.487. The number of esters is 1. The molecule has 3 nitrogen and oxygen atoms in total. The Labute approximate surface area is 71.6 Å². The standard InChI is InChI=1S/C9H13NO2/c1-12-9(11)7-5-2-3-6(4-5)8(7)10/h2-3,5-8H,4,10H2,1H3/t5?,6?,7-,8+/m0/s1. The fraction of sp³-hybridized carbons (Fsp3) is 0.667. The molecule has 12 heavy (non-hydrogen) atoms. The monoisotopic (exact) mass is 167 g/mol. The second-order valence-electron chi connectivity index (χ2n) is 3.57. The van der Waals surface area contributed by atoms with Gasteiger partial charge in [0.15, 0.2) is 0 Å². The number of hydrogen-bond acceptors (Lipinski definition) is 3. The van der Waals surface area contributed by atoms with Crippen molar-refractivity contribution in [2.45, 2.75) is 12.5 Å². The zero-order valence-electron chi connectivity index (χ0n) is 7.07. The van der Waals surface area contributed by atoms with Gasteiger partial charge in [-0.15, -0.1) is 0 Å². The van der Waals surface area contributed by atoms with Crippen LogP contribution in [0, 0.1) is 17.8 Å². The van der Waals surface area contributed by atoms with Crippen molar-refractivity contribution in [3.8, 4) is 0 Å². The third-order valence-corrected chi connectivity index (χ3v) is 2.99. The van der Waals surface area contributed by atoms with E-state index in [1.54, 1.807) is 0 Å². The number of rotatable bonds is 1. The summed E-state index contributed by atoms with van der Waals surface area (Å²) in [5, 5.41) is 0. The molecule has 0 radical (unpaired) electrons. The maximum Gasteiger partial charge on any atom is 0.310 e. The van der Waals surface area contributed by atoms with Gasteiger partial charge in [-0.1, -0.05) is 12.2 Å². The Morgan fingerprint density at radius 3 is 2.67 bits per heavy atom. The van der Waals surface area contributed by atoms with Crippen LogP contribution in [-0.2, 0) is 9.53 Å². The highest BCUT2D eigenvalue weighted by atomic mass is 16.5. The van der Waals surface area contributed by atoms with Crippen LogP contribution >= 0.6 is 0 Å². The van der Waals surface area contributed by atoms with Crippen molar-refractivity contribution in [2.75, 3.05) is 7.11 Å². The molecule has 2 unspecified atom stereocenters. The van der Waals surface area contributed by atoms with Crippen molar-refractivity contribution >= 4 is 5.97 Å². The van der Waals surface area contributed by atoms with Gasteiger partial charge in [0.1, 0.15) is 0 Å². The zero-order valence-corrected chi connectivity index (χ0v) is 7.07. The predicted molar refractivity (Wildman–Crippen MR) is 44.2 cm³/mol. The van der Waals surface area contributed by atoms with Crippen LogP contribution < -0.4 is 5.73 Å². The van der Waals surface area contributed by atoms with E-state index in [9.17, 15) is 4.79 Å². The molecule has 2 bridgehead atoms. The van der Waals surface area contributed by atoms with Gasteiger partial charge in [0.25, 0.3) is 0 Å². The minimum absolute atomic E-state index is 0.0209. The molecule has 2 N–H and O–H groups in total. The van der Waals surface area contributed by atoms with Crippen LogP contribution in [-0.4, -0.2) is 19.1 Å². The molecule has 66 valence electrons. The third kappa shape index (κ3) is 0.894. The lowest BCUT2D eigenvalue weighted by molar-refractivity contribution is -0.146. The molecule has 0 aromatic carbocycles. The summed E-state index contributed by atoms with van der Waals surface area (Å²) in [5.41, 5.74) is 5.89. The predicted octanol–water partition coefficient (Wildman–Crippen LogP) is 0.309. The summed E-state index contributed by atoms with van der Waals surface area (Å²) >= 11 is 0. The highest BCUT2D eigenvalue weighted by Crippen LogP contribution is 2.42. The van der Waals surface area contributed by atoms with Crippen LogP contribution in [0.15, 0.2) is 12.2 Å². The lowest BCUT2D eigenvalue weighted by Gasteiger charge is -2.21. The van der Waals surface area contributed by atoms with Gasteiger partial charge < -0.3 is 10.5 Å². The Balaban J connectivity index is 2.18. The van der Waals surface area contributed by atoms with Gasteiger partial charge in [-0.3, -0.25) is 4.79 Å². The van der Waals surface area contributed by atoms with E-state index >= 15 is 0 Å². The number of fused-ring (bicyclic) bond motifs is 2. The molecule has 3 heteroatoms. The fourth-order valence-electron chi connectivity index (χ4n) is 2.33. The number of carbonyl (C=O) groups excluding carboxylic acids is 1. The van der Waals surface area contributed by atoms with Crippen LogP contribution in [0.3, 0.4) is 0 Å². The molecule has 0 aromatic rings. The maximum atomic E-state index is 11.3. The second-order valence-corrected chi connectivity index (χ2v) is 3.57. The third-order valence-electron chi connectivity index (χ3n) is 2.99. The Hall–Kier alpha value is -0.830. The quantitative estimate of drug-likeness (QED) is 0.451. The van der Waals surface area contributed by atoms with E-state index in [4.69, 9.17) is 10.5 Å². The first-order valence-electron chi connectivity index (χ1n) is 4.26. The van der Waals surface area contributed by atoms with Crippen LogP contribution in [0.25, 0.3) is 0 Å². The molecular formula is C9H13NO2. The highest BCUT2D eigenvalue weighted by Gasteiger charge is 2.46. The van der Waals surface area contributed by atoms with Crippen molar-refractivity contribution in [1.82, 2.24) is 0 Å². The summed E-state index contributed by atoms with van der Waals surface area (Å²) in [4.78, 5) is 11.3. The highest BCUT2D eigenvalue weighted by molar-refractivity contribution is 5.75. The molecule has 0 amide bonds. The molecule has 2 aliphatic carbocycles. The first-order valence-corrected chi connectivity index (χ1v) is 4.26. The minimum atomic E-state index is -0.153. The number of nitrogens with two attached hydrogens (primary N) is 1. The molecule has 2 rings (SSSR count). The number of ether oxygens (including phenoxy) is 1. The van der Waals surface area contributed by atoms with Gasteiger partial charge in [0, 0.05) is 6.04 Å². The van der Waals surface area contributed by atoms with Crippen molar-refractivity contribution in [1.29, 1.82) is 0 Å². The van der Waals surface area contributed by atoms with Crippen LogP contribution in [0.4, 0.5) is 0 Å².